The van der Waals surface area contributed by atoms with Gasteiger partial charge in [0.05, 0.1) is 6.20 Å². The van der Waals surface area contributed by atoms with Crippen molar-refractivity contribution in [3.63, 3.8) is 0 Å². The van der Waals surface area contributed by atoms with Crippen molar-refractivity contribution in [1.82, 2.24) is 9.78 Å². The molecule has 0 aliphatic heterocycles. The van der Waals surface area contributed by atoms with Crippen LogP contribution in [0.2, 0.25) is 0 Å². The first kappa shape index (κ1) is 11.4. The first-order valence-electron chi connectivity index (χ1n) is 3.80. The molecule has 0 spiro atoms. The summed E-state index contributed by atoms with van der Waals surface area (Å²) in [6.45, 7) is 3.26. The van der Waals surface area contributed by atoms with E-state index in [-0.39, 0.29) is 6.04 Å². The van der Waals surface area contributed by atoms with Crippen molar-refractivity contribution in [2.75, 3.05) is 0 Å². The van der Waals surface area contributed by atoms with Gasteiger partial charge in [0.1, 0.15) is 5.03 Å². The van der Waals surface area contributed by atoms with Crippen LogP contribution in [0.15, 0.2) is 11.2 Å². The van der Waals surface area contributed by atoms with Gasteiger partial charge < -0.3 is 0 Å². The summed E-state index contributed by atoms with van der Waals surface area (Å²) in [4.78, 5) is 0. The summed E-state index contributed by atoms with van der Waals surface area (Å²) < 4.78 is 49.9. The molecule has 1 aromatic rings. The van der Waals surface area contributed by atoms with E-state index in [0.717, 1.165) is 10.9 Å². The highest BCUT2D eigenvalue weighted by molar-refractivity contribution is 8.00. The molecule has 0 radical (unpaired) electrons. The number of aromatic nitrogens is 2. The van der Waals surface area contributed by atoms with E-state index in [1.807, 2.05) is 0 Å². The molecule has 0 aromatic carbocycles. The molecule has 1 heterocycles. The van der Waals surface area contributed by atoms with Crippen LogP contribution in [-0.2, 0) is 0 Å². The zero-order valence-electron chi connectivity index (χ0n) is 7.47. The van der Waals surface area contributed by atoms with E-state index in [1.54, 1.807) is 13.8 Å². The lowest BCUT2D eigenvalue weighted by molar-refractivity contribution is -0.0332. The van der Waals surface area contributed by atoms with Gasteiger partial charge in [-0.25, -0.2) is 4.39 Å². The number of alkyl halides is 3. The summed E-state index contributed by atoms with van der Waals surface area (Å²) in [5.41, 5.74) is -4.49. The normalized spacial score (nSPS) is 12.5. The van der Waals surface area contributed by atoms with E-state index in [4.69, 9.17) is 0 Å². The van der Waals surface area contributed by atoms with Crippen LogP contribution in [0.3, 0.4) is 0 Å². The van der Waals surface area contributed by atoms with Crippen molar-refractivity contribution in [2.24, 2.45) is 0 Å². The lowest BCUT2D eigenvalue weighted by atomic mass is 10.4. The lowest BCUT2D eigenvalue weighted by Crippen LogP contribution is -2.08. The zero-order chi connectivity index (χ0) is 10.9. The minimum atomic E-state index is -4.49. The summed E-state index contributed by atoms with van der Waals surface area (Å²) in [7, 11) is 0. The number of halogens is 4. The molecule has 0 aliphatic carbocycles. The standard InChI is InChI=1S/C7H8F4N2S/c1-4(2)13-6(5(8)3-12-13)14-7(9,10)11/h3-4H,1-2H3. The highest BCUT2D eigenvalue weighted by Gasteiger charge is 2.33. The Morgan fingerprint density at radius 3 is 2.43 bits per heavy atom. The second kappa shape index (κ2) is 3.80. The summed E-state index contributed by atoms with van der Waals surface area (Å²) in [6, 6.07) is -0.302. The topological polar surface area (TPSA) is 17.8 Å². The van der Waals surface area contributed by atoms with Crippen LogP contribution in [0.5, 0.6) is 0 Å². The summed E-state index contributed by atoms with van der Waals surface area (Å²) in [6.07, 6.45) is 0.786. The summed E-state index contributed by atoms with van der Waals surface area (Å²) >= 11 is -0.486. The van der Waals surface area contributed by atoms with Crippen LogP contribution < -0.4 is 0 Å². The molecule has 0 bridgehead atoms. The van der Waals surface area contributed by atoms with Crippen LogP contribution in [0, 0.1) is 5.82 Å². The molecule has 0 N–H and O–H groups in total. The average molecular weight is 228 g/mol. The first-order chi connectivity index (χ1) is 6.31. The van der Waals surface area contributed by atoms with Crippen molar-refractivity contribution in [2.45, 2.75) is 30.4 Å². The van der Waals surface area contributed by atoms with Crippen molar-refractivity contribution >= 4 is 11.8 Å². The lowest BCUT2D eigenvalue weighted by Gasteiger charge is -2.11. The fourth-order valence-electron chi connectivity index (χ4n) is 0.903. The monoisotopic (exact) mass is 228 g/mol. The van der Waals surface area contributed by atoms with Gasteiger partial charge in [-0.05, 0) is 13.8 Å². The molecule has 7 heteroatoms. The highest BCUT2D eigenvalue weighted by Crippen LogP contribution is 2.38. The minimum absolute atomic E-state index is 0.302. The zero-order valence-corrected chi connectivity index (χ0v) is 8.29. The van der Waals surface area contributed by atoms with Gasteiger partial charge in [0.25, 0.3) is 0 Å². The van der Waals surface area contributed by atoms with Crippen molar-refractivity contribution in [1.29, 1.82) is 0 Å². The maximum absolute atomic E-state index is 12.9. The molecule has 80 valence electrons. The van der Waals surface area contributed by atoms with E-state index in [2.05, 4.69) is 5.10 Å². The van der Waals surface area contributed by atoms with Crippen LogP contribution in [-0.4, -0.2) is 15.3 Å². The molecule has 1 rings (SSSR count). The third-order valence-corrected chi connectivity index (χ3v) is 2.22. The van der Waals surface area contributed by atoms with Crippen molar-refractivity contribution < 1.29 is 17.6 Å². The molecule has 1 aromatic heterocycles. The first-order valence-corrected chi connectivity index (χ1v) is 4.61. The maximum atomic E-state index is 12.9. The molecule has 0 amide bonds. The van der Waals surface area contributed by atoms with Gasteiger partial charge in [-0.15, -0.1) is 0 Å². The van der Waals surface area contributed by atoms with Gasteiger partial charge in [0.15, 0.2) is 5.82 Å². The van der Waals surface area contributed by atoms with Crippen LogP contribution >= 0.6 is 11.8 Å². The SMILES string of the molecule is CC(C)n1ncc(F)c1SC(F)(F)F. The van der Waals surface area contributed by atoms with Gasteiger partial charge in [-0.2, -0.15) is 18.3 Å². The molecule has 0 saturated heterocycles. The quantitative estimate of drug-likeness (QED) is 0.571. The maximum Gasteiger partial charge on any atom is 0.447 e. The third-order valence-electron chi connectivity index (χ3n) is 1.41. The highest BCUT2D eigenvalue weighted by atomic mass is 32.2. The Morgan fingerprint density at radius 1 is 1.43 bits per heavy atom. The number of hydrogen-bond acceptors (Lipinski definition) is 2. The summed E-state index contributed by atoms with van der Waals surface area (Å²) in [5.74, 6) is -0.943. The Labute approximate surface area is 82.3 Å². The molecular weight excluding hydrogens is 220 g/mol. The minimum Gasteiger partial charge on any atom is -0.253 e. The number of hydrogen-bond donors (Lipinski definition) is 0. The smallest absolute Gasteiger partial charge is 0.253 e. The fraction of sp³-hybridized carbons (Fsp3) is 0.571. The Morgan fingerprint density at radius 2 is 2.00 bits per heavy atom. The Kier molecular flexibility index (Phi) is 3.08. The molecule has 2 nitrogen and oxygen atoms in total. The third kappa shape index (κ3) is 2.63. The summed E-state index contributed by atoms with van der Waals surface area (Å²) in [5, 5.41) is 3.03. The van der Waals surface area contributed by atoms with E-state index in [1.165, 1.54) is 0 Å². The van der Waals surface area contributed by atoms with E-state index in [9.17, 15) is 17.6 Å². The molecule has 0 unspecified atom stereocenters. The van der Waals surface area contributed by atoms with Crippen molar-refractivity contribution in [3.05, 3.63) is 12.0 Å². The predicted octanol–water partition coefficient (Wildman–Crippen LogP) is 3.22. The Bertz CT molecular complexity index is 318. The molecule has 0 saturated carbocycles. The van der Waals surface area contributed by atoms with Gasteiger partial charge >= 0.3 is 5.51 Å². The molecular formula is C7H8F4N2S. The number of thioether (sulfide) groups is 1. The van der Waals surface area contributed by atoms with Crippen LogP contribution in [0.4, 0.5) is 17.6 Å². The van der Waals surface area contributed by atoms with Gasteiger partial charge in [0, 0.05) is 17.8 Å². The Hall–Kier alpha value is -0.720. The van der Waals surface area contributed by atoms with Gasteiger partial charge in [-0.3, -0.25) is 4.68 Å². The average Bonchev–Trinajstić information content (AvgIpc) is 2.29. The van der Waals surface area contributed by atoms with E-state index >= 15 is 0 Å². The second-order valence-electron chi connectivity index (χ2n) is 2.88. The molecule has 0 atom stereocenters. The predicted molar refractivity (Wildman–Crippen MR) is 44.5 cm³/mol. The van der Waals surface area contributed by atoms with Gasteiger partial charge in [0.2, 0.25) is 0 Å². The fourth-order valence-corrected chi connectivity index (χ4v) is 1.62. The van der Waals surface area contributed by atoms with Gasteiger partial charge in [-0.1, -0.05) is 0 Å². The second-order valence-corrected chi connectivity index (χ2v) is 3.94. The molecule has 14 heavy (non-hydrogen) atoms. The van der Waals surface area contributed by atoms with Crippen LogP contribution in [0.1, 0.15) is 19.9 Å². The number of rotatable bonds is 2. The molecule has 0 fully saturated rings. The van der Waals surface area contributed by atoms with Crippen molar-refractivity contribution in [3.8, 4) is 0 Å². The van der Waals surface area contributed by atoms with Crippen LogP contribution in [0.25, 0.3) is 0 Å². The van der Waals surface area contributed by atoms with E-state index < -0.39 is 28.1 Å². The molecule has 0 aliphatic rings. The number of nitrogens with zero attached hydrogens (tertiary/aromatic N) is 2. The largest absolute Gasteiger partial charge is 0.447 e. The Balaban J connectivity index is 3.00. The van der Waals surface area contributed by atoms with E-state index in [0.29, 0.717) is 0 Å².